The van der Waals surface area contributed by atoms with Crippen LogP contribution < -0.4 is 0 Å². The summed E-state index contributed by atoms with van der Waals surface area (Å²) in [5, 5.41) is 9.79. The van der Waals surface area contributed by atoms with Gasteiger partial charge in [0.2, 0.25) is 0 Å². The number of carbonyl (C=O) groups excluding carboxylic acids is 1. The first-order chi connectivity index (χ1) is 14.9. The number of hydrogen-bond acceptors (Lipinski definition) is 3. The zero-order valence-corrected chi connectivity index (χ0v) is 18.2. The Morgan fingerprint density at radius 3 is 2.65 bits per heavy atom. The molecule has 0 amide bonds. The maximum atomic E-state index is 13.7. The molecule has 4 rings (SSSR count). The molecule has 0 bridgehead atoms. The molecule has 0 fully saturated rings. The Morgan fingerprint density at radius 2 is 1.90 bits per heavy atom. The SMILES string of the molecule is O=C(CC1=CCc2ccc(O)cc21)C[C@@H](Cc1cc(F)cc(F)c1)c1ncccc1Br. The molecule has 1 aliphatic rings. The van der Waals surface area contributed by atoms with Crippen molar-refractivity contribution in [1.82, 2.24) is 4.98 Å². The molecule has 1 N–H and O–H groups in total. The van der Waals surface area contributed by atoms with E-state index in [2.05, 4.69) is 20.9 Å². The molecule has 1 atom stereocenters. The van der Waals surface area contributed by atoms with Crippen molar-refractivity contribution in [3.05, 3.63) is 99.3 Å². The second-order valence-corrected chi connectivity index (χ2v) is 8.60. The molecule has 1 aromatic heterocycles. The van der Waals surface area contributed by atoms with Gasteiger partial charge in [-0.25, -0.2) is 8.78 Å². The summed E-state index contributed by atoms with van der Waals surface area (Å²) in [6, 6.07) is 12.2. The van der Waals surface area contributed by atoms with E-state index >= 15 is 0 Å². The molecular weight excluding hydrogens is 464 g/mol. The second kappa shape index (κ2) is 9.10. The Balaban J connectivity index is 1.56. The van der Waals surface area contributed by atoms with Crippen molar-refractivity contribution in [2.24, 2.45) is 0 Å². The standard InChI is InChI=1S/C25H20BrF2NO2/c26-24-2-1-7-29-25(24)18(8-15-9-19(27)13-20(28)10-15)12-22(31)11-17-4-3-16-5-6-21(30)14-23(16)17/h1-2,4-7,9-10,13-14,18,30H,3,8,11-12H2/t18-/m1/s1. The van der Waals surface area contributed by atoms with Gasteiger partial charge in [0.25, 0.3) is 0 Å². The number of phenols is 1. The molecule has 0 radical (unpaired) electrons. The van der Waals surface area contributed by atoms with Crippen LogP contribution in [-0.4, -0.2) is 15.9 Å². The van der Waals surface area contributed by atoms with Crippen LogP contribution in [0, 0.1) is 11.6 Å². The molecular formula is C25H20BrF2NO2. The number of hydrogen-bond donors (Lipinski definition) is 1. The zero-order valence-electron chi connectivity index (χ0n) is 16.6. The van der Waals surface area contributed by atoms with Gasteiger partial charge >= 0.3 is 0 Å². The fraction of sp³-hybridized carbons (Fsp3) is 0.200. The molecule has 6 heteroatoms. The second-order valence-electron chi connectivity index (χ2n) is 7.74. The molecule has 2 aromatic carbocycles. The molecule has 1 aliphatic carbocycles. The third-order valence-electron chi connectivity index (χ3n) is 5.45. The number of aromatic hydroxyl groups is 1. The van der Waals surface area contributed by atoms with E-state index < -0.39 is 11.6 Å². The van der Waals surface area contributed by atoms with E-state index in [0.717, 1.165) is 33.7 Å². The highest BCUT2D eigenvalue weighted by molar-refractivity contribution is 9.10. The molecule has 3 nitrogen and oxygen atoms in total. The lowest BCUT2D eigenvalue weighted by Gasteiger charge is -2.18. The average molecular weight is 484 g/mol. The van der Waals surface area contributed by atoms with Gasteiger partial charge in [-0.15, -0.1) is 0 Å². The van der Waals surface area contributed by atoms with Gasteiger partial charge in [0.15, 0.2) is 0 Å². The van der Waals surface area contributed by atoms with Crippen molar-refractivity contribution in [1.29, 1.82) is 0 Å². The molecule has 0 unspecified atom stereocenters. The number of nitrogens with zero attached hydrogens (tertiary/aromatic N) is 1. The van der Waals surface area contributed by atoms with Crippen molar-refractivity contribution in [2.75, 3.05) is 0 Å². The fourth-order valence-electron chi connectivity index (χ4n) is 4.09. The molecule has 158 valence electrons. The monoisotopic (exact) mass is 483 g/mol. The number of carbonyl (C=O) groups is 1. The molecule has 1 heterocycles. The van der Waals surface area contributed by atoms with Crippen LogP contribution in [0.15, 0.2) is 65.3 Å². The minimum Gasteiger partial charge on any atom is -0.508 e. The summed E-state index contributed by atoms with van der Waals surface area (Å²) in [6.45, 7) is 0. The maximum absolute atomic E-state index is 13.7. The van der Waals surface area contributed by atoms with Crippen LogP contribution in [0.3, 0.4) is 0 Å². The van der Waals surface area contributed by atoms with Gasteiger partial charge < -0.3 is 5.11 Å². The summed E-state index contributed by atoms with van der Waals surface area (Å²) in [5.41, 5.74) is 4.03. The lowest BCUT2D eigenvalue weighted by atomic mass is 9.88. The third-order valence-corrected chi connectivity index (χ3v) is 6.12. The summed E-state index contributed by atoms with van der Waals surface area (Å²) in [5.74, 6) is -1.46. The normalized spacial score (nSPS) is 13.6. The summed E-state index contributed by atoms with van der Waals surface area (Å²) in [4.78, 5) is 17.4. The fourth-order valence-corrected chi connectivity index (χ4v) is 4.67. The van der Waals surface area contributed by atoms with Gasteiger partial charge in [0, 0.05) is 35.5 Å². The molecule has 0 saturated heterocycles. The maximum Gasteiger partial charge on any atom is 0.137 e. The number of phenolic OH excluding ortho intramolecular Hbond substituents is 1. The first-order valence-corrected chi connectivity index (χ1v) is 10.8. The van der Waals surface area contributed by atoms with Crippen LogP contribution in [0.5, 0.6) is 5.75 Å². The van der Waals surface area contributed by atoms with E-state index in [1.807, 2.05) is 18.2 Å². The number of rotatable bonds is 7. The Morgan fingerprint density at radius 1 is 1.13 bits per heavy atom. The van der Waals surface area contributed by atoms with Crippen molar-refractivity contribution in [3.8, 4) is 5.75 Å². The Bertz CT molecular complexity index is 1160. The quantitative estimate of drug-likeness (QED) is 0.438. The van der Waals surface area contributed by atoms with E-state index in [-0.39, 0.29) is 36.7 Å². The first kappa shape index (κ1) is 21.4. The van der Waals surface area contributed by atoms with Crippen LogP contribution in [-0.2, 0) is 17.6 Å². The predicted molar refractivity (Wildman–Crippen MR) is 119 cm³/mol. The van der Waals surface area contributed by atoms with Crippen LogP contribution in [0.1, 0.15) is 41.1 Å². The van der Waals surface area contributed by atoms with Gasteiger partial charge in [0.1, 0.15) is 23.2 Å². The van der Waals surface area contributed by atoms with E-state index in [0.29, 0.717) is 11.3 Å². The third kappa shape index (κ3) is 5.07. The number of halogens is 3. The van der Waals surface area contributed by atoms with E-state index in [9.17, 15) is 18.7 Å². The van der Waals surface area contributed by atoms with Gasteiger partial charge in [0.05, 0.1) is 5.69 Å². The number of Topliss-reactive ketones (excluding diaryl/α,β-unsaturated/α-hetero) is 1. The van der Waals surface area contributed by atoms with Gasteiger partial charge in [-0.2, -0.15) is 0 Å². The Kier molecular flexibility index (Phi) is 6.28. The van der Waals surface area contributed by atoms with Crippen molar-refractivity contribution < 1.29 is 18.7 Å². The lowest BCUT2D eigenvalue weighted by Crippen LogP contribution is -2.13. The highest BCUT2D eigenvalue weighted by Crippen LogP contribution is 2.35. The Hall–Kier alpha value is -2.86. The molecule has 0 spiro atoms. The molecule has 3 aromatic rings. The minimum atomic E-state index is -0.646. The van der Waals surface area contributed by atoms with E-state index in [1.54, 1.807) is 24.4 Å². The van der Waals surface area contributed by atoms with Crippen molar-refractivity contribution in [2.45, 2.75) is 31.6 Å². The van der Waals surface area contributed by atoms with Gasteiger partial charge in [-0.1, -0.05) is 12.1 Å². The highest BCUT2D eigenvalue weighted by atomic mass is 79.9. The van der Waals surface area contributed by atoms with Gasteiger partial charge in [-0.05, 0) is 87.4 Å². The van der Waals surface area contributed by atoms with Crippen molar-refractivity contribution in [3.63, 3.8) is 0 Å². The average Bonchev–Trinajstić information content (AvgIpc) is 3.09. The van der Waals surface area contributed by atoms with Crippen LogP contribution in [0.25, 0.3) is 5.57 Å². The summed E-state index contributed by atoms with van der Waals surface area (Å²) in [6.07, 6.45) is 5.08. The number of fused-ring (bicyclic) bond motifs is 1. The molecule has 0 aliphatic heterocycles. The number of pyridine rings is 1. The first-order valence-electron chi connectivity index (χ1n) is 9.97. The zero-order chi connectivity index (χ0) is 22.0. The van der Waals surface area contributed by atoms with Crippen LogP contribution in [0.4, 0.5) is 8.78 Å². The molecule has 31 heavy (non-hydrogen) atoms. The Labute approximate surface area is 187 Å². The largest absolute Gasteiger partial charge is 0.508 e. The number of allylic oxidation sites excluding steroid dienone is 2. The minimum absolute atomic E-state index is 0.00173. The summed E-state index contributed by atoms with van der Waals surface area (Å²) < 4.78 is 28.2. The topological polar surface area (TPSA) is 50.2 Å². The summed E-state index contributed by atoms with van der Waals surface area (Å²) >= 11 is 3.49. The summed E-state index contributed by atoms with van der Waals surface area (Å²) in [7, 11) is 0. The lowest BCUT2D eigenvalue weighted by molar-refractivity contribution is -0.118. The smallest absolute Gasteiger partial charge is 0.137 e. The van der Waals surface area contributed by atoms with E-state index in [4.69, 9.17) is 0 Å². The number of ketones is 1. The number of benzene rings is 2. The van der Waals surface area contributed by atoms with Crippen molar-refractivity contribution >= 4 is 27.3 Å². The van der Waals surface area contributed by atoms with Crippen LogP contribution >= 0.6 is 15.9 Å². The van der Waals surface area contributed by atoms with Gasteiger partial charge in [-0.3, -0.25) is 9.78 Å². The number of aromatic nitrogens is 1. The predicted octanol–water partition coefficient (Wildman–Crippen LogP) is 6.14. The van der Waals surface area contributed by atoms with E-state index in [1.165, 1.54) is 12.1 Å². The van der Waals surface area contributed by atoms with Crippen LogP contribution in [0.2, 0.25) is 0 Å². The molecule has 0 saturated carbocycles. The highest BCUT2D eigenvalue weighted by Gasteiger charge is 2.23.